The number of alkyl halides is 6. The first kappa shape index (κ1) is 15.3. The summed E-state index contributed by atoms with van der Waals surface area (Å²) < 4.78 is 74.6. The van der Waals surface area contributed by atoms with Gasteiger partial charge in [0.15, 0.2) is 6.10 Å². The predicted molar refractivity (Wildman–Crippen MR) is 49.0 cm³/mol. The van der Waals surface area contributed by atoms with Crippen molar-refractivity contribution in [3.8, 4) is 0 Å². The number of carboxylic acid groups (broad SMARTS) is 1. The Morgan fingerprint density at radius 3 is 1.95 bits per heavy atom. The standard InChI is InChI=1S/C10H6F6O3/c11-9(12,13)4-1-2-5(7(17)8(18)19)6(3-4)10(14,15)16/h1-3,7,17H,(H,18,19). The van der Waals surface area contributed by atoms with Crippen LogP contribution in [0.1, 0.15) is 22.8 Å². The van der Waals surface area contributed by atoms with Gasteiger partial charge in [-0.05, 0) is 12.1 Å². The summed E-state index contributed by atoms with van der Waals surface area (Å²) in [6.45, 7) is 0. The quantitative estimate of drug-likeness (QED) is 0.823. The van der Waals surface area contributed by atoms with Crippen LogP contribution in [0.15, 0.2) is 18.2 Å². The van der Waals surface area contributed by atoms with E-state index in [4.69, 9.17) is 10.2 Å². The Morgan fingerprint density at radius 2 is 1.58 bits per heavy atom. The number of rotatable bonds is 2. The molecule has 0 aliphatic heterocycles. The van der Waals surface area contributed by atoms with Gasteiger partial charge in [0, 0.05) is 5.56 Å². The first-order chi connectivity index (χ1) is 8.44. The SMILES string of the molecule is O=C(O)C(O)c1ccc(C(F)(F)F)cc1C(F)(F)F. The summed E-state index contributed by atoms with van der Waals surface area (Å²) in [5.41, 5.74) is -4.56. The molecule has 2 N–H and O–H groups in total. The van der Waals surface area contributed by atoms with Crippen LogP contribution in [0.3, 0.4) is 0 Å². The highest BCUT2D eigenvalue weighted by Gasteiger charge is 2.40. The molecule has 0 fully saturated rings. The molecule has 0 saturated heterocycles. The summed E-state index contributed by atoms with van der Waals surface area (Å²) in [5, 5.41) is 17.5. The summed E-state index contributed by atoms with van der Waals surface area (Å²) in [4.78, 5) is 10.4. The number of carboxylic acids is 1. The van der Waals surface area contributed by atoms with Crippen LogP contribution >= 0.6 is 0 Å². The van der Waals surface area contributed by atoms with E-state index in [0.717, 1.165) is 0 Å². The molecule has 0 aliphatic rings. The Bertz CT molecular complexity index is 491. The topological polar surface area (TPSA) is 57.5 Å². The third-order valence-electron chi connectivity index (χ3n) is 2.21. The Labute approximate surface area is 102 Å². The third kappa shape index (κ3) is 3.37. The summed E-state index contributed by atoms with van der Waals surface area (Å²) in [5.74, 6) is -2.00. The van der Waals surface area contributed by atoms with E-state index in [2.05, 4.69) is 0 Å². The van der Waals surface area contributed by atoms with E-state index in [1.807, 2.05) is 0 Å². The average Bonchev–Trinajstić information content (AvgIpc) is 2.24. The number of aliphatic carboxylic acids is 1. The van der Waals surface area contributed by atoms with Crippen LogP contribution in [-0.4, -0.2) is 16.2 Å². The zero-order chi connectivity index (χ0) is 15.0. The minimum atomic E-state index is -5.22. The van der Waals surface area contributed by atoms with E-state index in [1.54, 1.807) is 0 Å². The first-order valence-electron chi connectivity index (χ1n) is 4.64. The molecule has 0 amide bonds. The second kappa shape index (κ2) is 4.72. The lowest BCUT2D eigenvalue weighted by atomic mass is 9.99. The highest BCUT2D eigenvalue weighted by Crippen LogP contribution is 2.39. The fraction of sp³-hybridized carbons (Fsp3) is 0.300. The number of hydrogen-bond donors (Lipinski definition) is 2. The normalized spacial score (nSPS) is 14.3. The molecule has 9 heteroatoms. The highest BCUT2D eigenvalue weighted by molar-refractivity contribution is 5.74. The maximum absolute atomic E-state index is 12.6. The fourth-order valence-electron chi connectivity index (χ4n) is 1.35. The zero-order valence-corrected chi connectivity index (χ0v) is 8.88. The number of halogens is 6. The van der Waals surface area contributed by atoms with Gasteiger partial charge in [-0.1, -0.05) is 6.07 Å². The van der Waals surface area contributed by atoms with Gasteiger partial charge in [0.25, 0.3) is 0 Å². The summed E-state index contributed by atoms with van der Waals surface area (Å²) >= 11 is 0. The molecule has 0 radical (unpaired) electrons. The smallest absolute Gasteiger partial charge is 0.416 e. The van der Waals surface area contributed by atoms with Gasteiger partial charge in [0.2, 0.25) is 0 Å². The molecule has 0 saturated carbocycles. The number of carbonyl (C=O) groups is 1. The monoisotopic (exact) mass is 288 g/mol. The fourth-order valence-corrected chi connectivity index (χ4v) is 1.35. The van der Waals surface area contributed by atoms with Crippen LogP contribution in [0.2, 0.25) is 0 Å². The van der Waals surface area contributed by atoms with E-state index < -0.39 is 41.1 Å². The van der Waals surface area contributed by atoms with E-state index in [1.165, 1.54) is 0 Å². The number of aliphatic hydroxyl groups excluding tert-OH is 1. The summed E-state index contributed by atoms with van der Waals surface area (Å²) in [6.07, 6.45) is -12.8. The van der Waals surface area contributed by atoms with Gasteiger partial charge in [-0.15, -0.1) is 0 Å². The third-order valence-corrected chi connectivity index (χ3v) is 2.21. The molecular formula is C10H6F6O3. The van der Waals surface area contributed by atoms with Crippen molar-refractivity contribution in [1.29, 1.82) is 0 Å². The lowest BCUT2D eigenvalue weighted by molar-refractivity contribution is -0.149. The number of hydrogen-bond acceptors (Lipinski definition) is 2. The second-order valence-corrected chi connectivity index (χ2v) is 3.54. The van der Waals surface area contributed by atoms with Crippen molar-refractivity contribution in [2.75, 3.05) is 0 Å². The van der Waals surface area contributed by atoms with Gasteiger partial charge in [-0.2, -0.15) is 26.3 Å². The lowest BCUT2D eigenvalue weighted by Crippen LogP contribution is -2.19. The van der Waals surface area contributed by atoms with Gasteiger partial charge in [-0.3, -0.25) is 0 Å². The average molecular weight is 288 g/mol. The molecule has 0 aliphatic carbocycles. The van der Waals surface area contributed by atoms with E-state index in [0.29, 0.717) is 6.07 Å². The first-order valence-corrected chi connectivity index (χ1v) is 4.64. The minimum Gasteiger partial charge on any atom is -0.479 e. The van der Waals surface area contributed by atoms with Gasteiger partial charge in [0.1, 0.15) is 0 Å². The molecule has 1 aromatic rings. The highest BCUT2D eigenvalue weighted by atomic mass is 19.4. The Balaban J connectivity index is 3.46. The van der Waals surface area contributed by atoms with Crippen LogP contribution in [0.25, 0.3) is 0 Å². The van der Waals surface area contributed by atoms with Crippen LogP contribution < -0.4 is 0 Å². The molecule has 0 aromatic heterocycles. The molecule has 19 heavy (non-hydrogen) atoms. The molecule has 1 atom stereocenters. The van der Waals surface area contributed by atoms with Crippen molar-refractivity contribution in [2.45, 2.75) is 18.5 Å². The predicted octanol–water partition coefficient (Wildman–Crippen LogP) is 2.84. The molecule has 0 spiro atoms. The second-order valence-electron chi connectivity index (χ2n) is 3.54. The van der Waals surface area contributed by atoms with Gasteiger partial charge in [0.05, 0.1) is 11.1 Å². The maximum atomic E-state index is 12.6. The summed E-state index contributed by atoms with van der Waals surface area (Å²) in [6, 6.07) is 0.336. The maximum Gasteiger partial charge on any atom is 0.416 e. The number of aliphatic hydroxyl groups is 1. The molecule has 106 valence electrons. The van der Waals surface area contributed by atoms with E-state index in [-0.39, 0.29) is 12.1 Å². The van der Waals surface area contributed by atoms with Crippen molar-refractivity contribution < 1.29 is 41.4 Å². The van der Waals surface area contributed by atoms with Gasteiger partial charge >= 0.3 is 18.3 Å². The Morgan fingerprint density at radius 1 is 1.05 bits per heavy atom. The van der Waals surface area contributed by atoms with Crippen molar-refractivity contribution >= 4 is 5.97 Å². The van der Waals surface area contributed by atoms with Crippen LogP contribution in [0, 0.1) is 0 Å². The van der Waals surface area contributed by atoms with Gasteiger partial charge < -0.3 is 10.2 Å². The van der Waals surface area contributed by atoms with E-state index in [9.17, 15) is 31.1 Å². The Hall–Kier alpha value is -1.77. The van der Waals surface area contributed by atoms with Crippen LogP contribution in [0.5, 0.6) is 0 Å². The molecular weight excluding hydrogens is 282 g/mol. The lowest BCUT2D eigenvalue weighted by Gasteiger charge is -2.17. The molecule has 0 bridgehead atoms. The largest absolute Gasteiger partial charge is 0.479 e. The minimum absolute atomic E-state index is 0.235. The molecule has 3 nitrogen and oxygen atoms in total. The summed E-state index contributed by atoms with van der Waals surface area (Å²) in [7, 11) is 0. The van der Waals surface area contributed by atoms with E-state index >= 15 is 0 Å². The van der Waals surface area contributed by atoms with Crippen molar-refractivity contribution in [3.63, 3.8) is 0 Å². The van der Waals surface area contributed by atoms with Crippen molar-refractivity contribution in [1.82, 2.24) is 0 Å². The molecule has 0 heterocycles. The van der Waals surface area contributed by atoms with Crippen molar-refractivity contribution in [3.05, 3.63) is 34.9 Å². The van der Waals surface area contributed by atoms with Crippen LogP contribution in [-0.2, 0) is 17.1 Å². The molecule has 1 aromatic carbocycles. The Kier molecular flexibility index (Phi) is 3.80. The van der Waals surface area contributed by atoms with Crippen molar-refractivity contribution in [2.24, 2.45) is 0 Å². The number of benzene rings is 1. The molecule has 1 rings (SSSR count). The molecule has 1 unspecified atom stereocenters. The zero-order valence-electron chi connectivity index (χ0n) is 8.88. The van der Waals surface area contributed by atoms with Gasteiger partial charge in [-0.25, -0.2) is 4.79 Å². The van der Waals surface area contributed by atoms with Crippen LogP contribution in [0.4, 0.5) is 26.3 Å².